The molecule has 1 aliphatic heterocycles. The SMILES string of the molecule is O=C(Nc1ccccc1-c1nc2ccccc2[nH]1)[C@@H]1CCCN1S(=O)(=O)c1ccc(Cl)cc1. The highest BCUT2D eigenvalue weighted by Crippen LogP contribution is 2.31. The number of aromatic amines is 1. The zero-order chi connectivity index (χ0) is 23.0. The summed E-state index contributed by atoms with van der Waals surface area (Å²) in [6.45, 7) is 0.286. The van der Waals surface area contributed by atoms with Crippen LogP contribution >= 0.6 is 11.6 Å². The average molecular weight is 481 g/mol. The van der Waals surface area contributed by atoms with Crippen molar-refractivity contribution in [3.8, 4) is 11.4 Å². The Labute approximate surface area is 196 Å². The molecule has 1 amide bonds. The maximum atomic E-state index is 13.2. The smallest absolute Gasteiger partial charge is 0.243 e. The quantitative estimate of drug-likeness (QED) is 0.433. The second-order valence-electron chi connectivity index (χ2n) is 7.87. The average Bonchev–Trinajstić information content (AvgIpc) is 3.47. The number of benzene rings is 3. The van der Waals surface area contributed by atoms with Gasteiger partial charge < -0.3 is 10.3 Å². The van der Waals surface area contributed by atoms with Crippen LogP contribution in [-0.2, 0) is 14.8 Å². The first-order chi connectivity index (χ1) is 15.9. The lowest BCUT2D eigenvalue weighted by Crippen LogP contribution is -2.43. The Bertz CT molecular complexity index is 1400. The Morgan fingerprint density at radius 3 is 2.55 bits per heavy atom. The summed E-state index contributed by atoms with van der Waals surface area (Å²) in [4.78, 5) is 21.3. The van der Waals surface area contributed by atoms with Crippen LogP contribution < -0.4 is 5.32 Å². The molecule has 2 heterocycles. The van der Waals surface area contributed by atoms with E-state index in [2.05, 4.69) is 15.3 Å². The fourth-order valence-corrected chi connectivity index (χ4v) is 5.91. The lowest BCUT2D eigenvalue weighted by atomic mass is 10.1. The molecule has 9 heteroatoms. The number of imidazole rings is 1. The summed E-state index contributed by atoms with van der Waals surface area (Å²) in [5.41, 5.74) is 3.01. The zero-order valence-corrected chi connectivity index (χ0v) is 19.1. The van der Waals surface area contributed by atoms with Crippen LogP contribution in [0.3, 0.4) is 0 Å². The molecule has 0 saturated carbocycles. The van der Waals surface area contributed by atoms with Crippen molar-refractivity contribution in [3.05, 3.63) is 77.8 Å². The molecule has 5 rings (SSSR count). The van der Waals surface area contributed by atoms with Crippen molar-refractivity contribution in [2.45, 2.75) is 23.8 Å². The van der Waals surface area contributed by atoms with E-state index < -0.39 is 16.1 Å². The van der Waals surface area contributed by atoms with Crippen LogP contribution in [0.2, 0.25) is 5.02 Å². The van der Waals surface area contributed by atoms with Crippen molar-refractivity contribution < 1.29 is 13.2 Å². The zero-order valence-electron chi connectivity index (χ0n) is 17.5. The number of nitrogens with one attached hydrogen (secondary N) is 2. The van der Waals surface area contributed by atoms with Gasteiger partial charge in [-0.15, -0.1) is 0 Å². The van der Waals surface area contributed by atoms with Crippen LogP contribution in [0.5, 0.6) is 0 Å². The highest BCUT2D eigenvalue weighted by Gasteiger charge is 2.39. The molecule has 1 atom stereocenters. The minimum absolute atomic E-state index is 0.120. The number of hydrogen-bond donors (Lipinski definition) is 2. The first-order valence-corrected chi connectivity index (χ1v) is 12.4. The molecular weight excluding hydrogens is 460 g/mol. The van der Waals surface area contributed by atoms with Crippen molar-refractivity contribution in [1.82, 2.24) is 14.3 Å². The van der Waals surface area contributed by atoms with E-state index in [0.717, 1.165) is 16.6 Å². The van der Waals surface area contributed by atoms with E-state index in [1.54, 1.807) is 6.07 Å². The van der Waals surface area contributed by atoms with Crippen LogP contribution in [0.15, 0.2) is 77.7 Å². The number of para-hydroxylation sites is 3. The van der Waals surface area contributed by atoms with Gasteiger partial charge in [0.05, 0.1) is 21.6 Å². The van der Waals surface area contributed by atoms with Gasteiger partial charge in [0, 0.05) is 17.1 Å². The number of anilines is 1. The summed E-state index contributed by atoms with van der Waals surface area (Å²) in [7, 11) is -3.83. The molecule has 1 aromatic heterocycles. The second-order valence-corrected chi connectivity index (χ2v) is 10.2. The third-order valence-electron chi connectivity index (χ3n) is 5.76. The molecule has 33 heavy (non-hydrogen) atoms. The molecule has 0 spiro atoms. The van der Waals surface area contributed by atoms with Crippen LogP contribution in [0.1, 0.15) is 12.8 Å². The van der Waals surface area contributed by atoms with Crippen molar-refractivity contribution in [2.24, 2.45) is 0 Å². The van der Waals surface area contributed by atoms with Gasteiger partial charge >= 0.3 is 0 Å². The number of hydrogen-bond acceptors (Lipinski definition) is 4. The molecule has 4 aromatic rings. The lowest BCUT2D eigenvalue weighted by Gasteiger charge is -2.24. The molecule has 7 nitrogen and oxygen atoms in total. The number of carbonyl (C=O) groups excluding carboxylic acids is 1. The standard InChI is InChI=1S/C24H21ClN4O3S/c25-16-11-13-17(14-12-16)33(31,32)29-15-5-10-22(29)24(30)28-19-7-2-1-6-18(19)23-26-20-8-3-4-9-21(20)27-23/h1-4,6-9,11-14,22H,5,10,15H2,(H,26,27)(H,28,30)/t22-/m0/s1. The maximum absolute atomic E-state index is 13.2. The van der Waals surface area contributed by atoms with Gasteiger partial charge in [-0.1, -0.05) is 35.9 Å². The lowest BCUT2D eigenvalue weighted by molar-refractivity contribution is -0.119. The Hall–Kier alpha value is -3.20. The normalized spacial score (nSPS) is 16.8. The summed E-state index contributed by atoms with van der Waals surface area (Å²) in [6, 6.07) is 20.2. The fourth-order valence-electron chi connectivity index (χ4n) is 4.13. The number of aromatic nitrogens is 2. The van der Waals surface area contributed by atoms with Gasteiger partial charge in [0.2, 0.25) is 15.9 Å². The summed E-state index contributed by atoms with van der Waals surface area (Å²) >= 11 is 5.90. The Morgan fingerprint density at radius 1 is 1.03 bits per heavy atom. The maximum Gasteiger partial charge on any atom is 0.243 e. The number of carbonyl (C=O) groups is 1. The van der Waals surface area contributed by atoms with Crippen molar-refractivity contribution in [1.29, 1.82) is 0 Å². The minimum atomic E-state index is -3.83. The number of halogens is 1. The van der Waals surface area contributed by atoms with Gasteiger partial charge in [-0.25, -0.2) is 13.4 Å². The summed E-state index contributed by atoms with van der Waals surface area (Å²) in [6.07, 6.45) is 1.06. The first-order valence-electron chi connectivity index (χ1n) is 10.6. The third-order valence-corrected chi connectivity index (χ3v) is 7.93. The molecule has 0 radical (unpaired) electrons. The number of H-pyrrole nitrogens is 1. The summed E-state index contributed by atoms with van der Waals surface area (Å²) in [5.74, 6) is 0.262. The van der Waals surface area contributed by atoms with Gasteiger partial charge in [0.1, 0.15) is 11.9 Å². The fraction of sp³-hybridized carbons (Fsp3) is 0.167. The van der Waals surface area contributed by atoms with Crippen molar-refractivity contribution >= 4 is 44.3 Å². The minimum Gasteiger partial charge on any atom is -0.338 e. The highest BCUT2D eigenvalue weighted by molar-refractivity contribution is 7.89. The van der Waals surface area contributed by atoms with E-state index >= 15 is 0 Å². The molecule has 168 valence electrons. The molecule has 1 aliphatic rings. The molecule has 2 N–H and O–H groups in total. The van der Waals surface area contributed by atoms with E-state index in [4.69, 9.17) is 11.6 Å². The summed E-state index contributed by atoms with van der Waals surface area (Å²) < 4.78 is 27.7. The van der Waals surface area contributed by atoms with Crippen LogP contribution in [0.4, 0.5) is 5.69 Å². The predicted molar refractivity (Wildman–Crippen MR) is 129 cm³/mol. The van der Waals surface area contributed by atoms with E-state index in [1.165, 1.54) is 28.6 Å². The van der Waals surface area contributed by atoms with E-state index in [-0.39, 0.29) is 17.3 Å². The Kier molecular flexibility index (Phi) is 5.65. The predicted octanol–water partition coefficient (Wildman–Crippen LogP) is 4.68. The van der Waals surface area contributed by atoms with Crippen LogP contribution in [0.25, 0.3) is 22.4 Å². The number of rotatable bonds is 5. The summed E-state index contributed by atoms with van der Waals surface area (Å²) in [5, 5.41) is 3.38. The molecular formula is C24H21ClN4O3S. The van der Waals surface area contributed by atoms with Crippen molar-refractivity contribution in [3.63, 3.8) is 0 Å². The first kappa shape index (κ1) is 21.6. The van der Waals surface area contributed by atoms with E-state index in [9.17, 15) is 13.2 Å². The number of nitrogens with zero attached hydrogens (tertiary/aromatic N) is 2. The molecule has 0 unspecified atom stereocenters. The monoisotopic (exact) mass is 480 g/mol. The molecule has 0 aliphatic carbocycles. The molecule has 3 aromatic carbocycles. The van der Waals surface area contributed by atoms with Crippen molar-refractivity contribution in [2.75, 3.05) is 11.9 Å². The second kappa shape index (κ2) is 8.62. The number of amides is 1. The topological polar surface area (TPSA) is 95.2 Å². The van der Waals surface area contributed by atoms with E-state index in [1.807, 2.05) is 42.5 Å². The van der Waals surface area contributed by atoms with Gasteiger partial charge in [-0.3, -0.25) is 4.79 Å². The van der Waals surface area contributed by atoms with Crippen LogP contribution in [0, 0.1) is 0 Å². The van der Waals surface area contributed by atoms with Gasteiger partial charge in [0.15, 0.2) is 0 Å². The largest absolute Gasteiger partial charge is 0.338 e. The van der Waals surface area contributed by atoms with Gasteiger partial charge in [-0.2, -0.15) is 4.31 Å². The number of fused-ring (bicyclic) bond motifs is 1. The Balaban J connectivity index is 1.42. The van der Waals surface area contributed by atoms with E-state index in [0.29, 0.717) is 29.4 Å². The molecule has 1 saturated heterocycles. The Morgan fingerprint density at radius 2 is 1.76 bits per heavy atom. The number of sulfonamides is 1. The molecule has 0 bridgehead atoms. The highest BCUT2D eigenvalue weighted by atomic mass is 35.5. The third kappa shape index (κ3) is 4.13. The van der Waals surface area contributed by atoms with Gasteiger partial charge in [0.25, 0.3) is 0 Å². The molecule has 1 fully saturated rings. The van der Waals surface area contributed by atoms with Crippen LogP contribution in [-0.4, -0.2) is 41.2 Å². The van der Waals surface area contributed by atoms with Gasteiger partial charge in [-0.05, 0) is 61.4 Å².